The number of carbonyl (C=O) groups is 1. The number of benzene rings is 1. The van der Waals surface area contributed by atoms with Gasteiger partial charge in [-0.1, -0.05) is 18.2 Å². The Balaban J connectivity index is 0.000000963. The lowest BCUT2D eigenvalue weighted by atomic mass is 9.87. The third-order valence-electron chi connectivity index (χ3n) is 3.47. The molecular weight excluding hydrogens is 224 g/mol. The summed E-state index contributed by atoms with van der Waals surface area (Å²) in [7, 11) is 0. The number of rotatable bonds is 0. The number of carbonyl (C=O) groups excluding carboxylic acids is 1. The fourth-order valence-corrected chi connectivity index (χ4v) is 2.66. The van der Waals surface area contributed by atoms with Gasteiger partial charge in [0.15, 0.2) is 0 Å². The van der Waals surface area contributed by atoms with Crippen molar-refractivity contribution >= 4 is 18.3 Å². The average molecular weight is 239 g/mol. The van der Waals surface area contributed by atoms with E-state index < -0.39 is 0 Å². The normalized spacial score (nSPS) is 27.1. The molecule has 2 N–H and O–H groups in total. The van der Waals surface area contributed by atoms with Crippen LogP contribution >= 0.6 is 12.4 Å². The van der Waals surface area contributed by atoms with E-state index in [1.165, 1.54) is 5.56 Å². The molecule has 0 aliphatic carbocycles. The number of amides is 1. The first-order valence-electron chi connectivity index (χ1n) is 5.44. The van der Waals surface area contributed by atoms with E-state index in [0.717, 1.165) is 25.2 Å². The summed E-state index contributed by atoms with van der Waals surface area (Å²) in [4.78, 5) is 11.8. The van der Waals surface area contributed by atoms with Crippen LogP contribution in [-0.2, 0) is 0 Å². The van der Waals surface area contributed by atoms with Crippen molar-refractivity contribution in [3.63, 3.8) is 0 Å². The lowest BCUT2D eigenvalue weighted by Gasteiger charge is -2.15. The van der Waals surface area contributed by atoms with Gasteiger partial charge in [0.25, 0.3) is 5.91 Å². The van der Waals surface area contributed by atoms with Crippen molar-refractivity contribution in [2.45, 2.75) is 5.92 Å². The molecule has 2 aliphatic rings. The minimum absolute atomic E-state index is 0. The van der Waals surface area contributed by atoms with Gasteiger partial charge in [0.2, 0.25) is 0 Å². The molecule has 3 nitrogen and oxygen atoms in total. The summed E-state index contributed by atoms with van der Waals surface area (Å²) in [6.45, 7) is 2.81. The first kappa shape index (κ1) is 11.4. The van der Waals surface area contributed by atoms with Crippen LogP contribution in [0, 0.1) is 5.92 Å². The molecule has 0 aromatic heterocycles. The molecular formula is C12H15ClN2O. The zero-order valence-electron chi connectivity index (χ0n) is 8.90. The third kappa shape index (κ3) is 1.70. The number of hydrogen-bond acceptors (Lipinski definition) is 2. The Hall–Kier alpha value is -1.06. The maximum Gasteiger partial charge on any atom is 0.251 e. The number of fused-ring (bicyclic) bond motifs is 3. The van der Waals surface area contributed by atoms with Gasteiger partial charge in [-0.15, -0.1) is 12.4 Å². The topological polar surface area (TPSA) is 41.1 Å². The summed E-state index contributed by atoms with van der Waals surface area (Å²) < 4.78 is 0. The standard InChI is InChI=1S/C12H14N2O.ClH/c15-12-10-4-2-1-3-9(10)11-7-13-5-8(11)6-14-12;/h1-4,8,11,13H,5-7H2,(H,14,15);1H/t8-,11+;/m0./s1. The predicted octanol–water partition coefficient (Wildman–Crippen LogP) is 1.15. The van der Waals surface area contributed by atoms with Crippen molar-refractivity contribution in [2.24, 2.45) is 5.92 Å². The second-order valence-electron chi connectivity index (χ2n) is 4.32. The van der Waals surface area contributed by atoms with Crippen LogP contribution in [0.5, 0.6) is 0 Å². The van der Waals surface area contributed by atoms with Crippen LogP contribution in [0.4, 0.5) is 0 Å². The lowest BCUT2D eigenvalue weighted by Crippen LogP contribution is -2.28. The maximum atomic E-state index is 11.8. The number of hydrogen-bond donors (Lipinski definition) is 2. The Kier molecular flexibility index (Phi) is 3.17. The van der Waals surface area contributed by atoms with Crippen molar-refractivity contribution in [1.29, 1.82) is 0 Å². The molecule has 0 saturated carbocycles. The summed E-state index contributed by atoms with van der Waals surface area (Å²) in [5.41, 5.74) is 2.07. The zero-order chi connectivity index (χ0) is 10.3. The van der Waals surface area contributed by atoms with Crippen LogP contribution < -0.4 is 10.6 Å². The van der Waals surface area contributed by atoms with Crippen molar-refractivity contribution in [3.05, 3.63) is 35.4 Å². The van der Waals surface area contributed by atoms with Gasteiger partial charge in [-0.25, -0.2) is 0 Å². The summed E-state index contributed by atoms with van der Waals surface area (Å²) in [5, 5.41) is 6.39. The first-order valence-corrected chi connectivity index (χ1v) is 5.44. The molecule has 16 heavy (non-hydrogen) atoms. The lowest BCUT2D eigenvalue weighted by molar-refractivity contribution is 0.0952. The van der Waals surface area contributed by atoms with Crippen LogP contribution in [0.25, 0.3) is 0 Å². The SMILES string of the molecule is Cl.O=C1NC[C@@H]2CNC[C@H]2c2ccccc21. The Morgan fingerprint density at radius 2 is 1.94 bits per heavy atom. The van der Waals surface area contributed by atoms with Crippen LogP contribution in [0.1, 0.15) is 21.8 Å². The van der Waals surface area contributed by atoms with Gasteiger partial charge in [0.1, 0.15) is 0 Å². The van der Waals surface area contributed by atoms with Gasteiger partial charge in [-0.2, -0.15) is 0 Å². The van der Waals surface area contributed by atoms with Crippen molar-refractivity contribution in [3.8, 4) is 0 Å². The summed E-state index contributed by atoms with van der Waals surface area (Å²) >= 11 is 0. The fraction of sp³-hybridized carbons (Fsp3) is 0.417. The minimum atomic E-state index is 0. The molecule has 2 heterocycles. The molecule has 1 amide bonds. The van der Waals surface area contributed by atoms with Gasteiger partial charge in [0.05, 0.1) is 0 Å². The first-order chi connectivity index (χ1) is 7.36. The van der Waals surface area contributed by atoms with E-state index in [2.05, 4.69) is 16.7 Å². The van der Waals surface area contributed by atoms with Crippen LogP contribution in [0.2, 0.25) is 0 Å². The molecule has 4 heteroatoms. The van der Waals surface area contributed by atoms with Gasteiger partial charge >= 0.3 is 0 Å². The summed E-state index contributed by atoms with van der Waals surface area (Å²) in [5.74, 6) is 1.14. The molecule has 3 rings (SSSR count). The van der Waals surface area contributed by atoms with Gasteiger partial charge in [0, 0.05) is 31.1 Å². The number of halogens is 1. The molecule has 0 unspecified atom stereocenters. The summed E-state index contributed by atoms with van der Waals surface area (Å²) in [6, 6.07) is 7.96. The Morgan fingerprint density at radius 3 is 2.81 bits per heavy atom. The zero-order valence-corrected chi connectivity index (χ0v) is 9.72. The van der Waals surface area contributed by atoms with Gasteiger partial charge < -0.3 is 10.6 Å². The molecule has 2 aliphatic heterocycles. The largest absolute Gasteiger partial charge is 0.352 e. The summed E-state index contributed by atoms with van der Waals surface area (Å²) in [6.07, 6.45) is 0. The molecule has 0 radical (unpaired) electrons. The highest BCUT2D eigenvalue weighted by molar-refractivity contribution is 5.96. The minimum Gasteiger partial charge on any atom is -0.352 e. The van der Waals surface area contributed by atoms with Crippen LogP contribution in [-0.4, -0.2) is 25.5 Å². The van der Waals surface area contributed by atoms with Gasteiger partial charge in [-0.05, 0) is 17.5 Å². The Morgan fingerprint density at radius 1 is 1.12 bits per heavy atom. The highest BCUT2D eigenvalue weighted by Gasteiger charge is 2.33. The Labute approximate surface area is 101 Å². The van der Waals surface area contributed by atoms with E-state index in [1.54, 1.807) is 0 Å². The molecule has 0 spiro atoms. The quantitative estimate of drug-likeness (QED) is 0.712. The predicted molar refractivity (Wildman–Crippen MR) is 65.1 cm³/mol. The van der Waals surface area contributed by atoms with Crippen LogP contribution in [0.3, 0.4) is 0 Å². The molecule has 2 atom stereocenters. The van der Waals surface area contributed by atoms with Crippen LogP contribution in [0.15, 0.2) is 24.3 Å². The monoisotopic (exact) mass is 238 g/mol. The van der Waals surface area contributed by atoms with Gasteiger partial charge in [-0.3, -0.25) is 4.79 Å². The molecule has 0 bridgehead atoms. The molecule has 1 aromatic rings. The second kappa shape index (κ2) is 4.44. The highest BCUT2D eigenvalue weighted by Crippen LogP contribution is 2.31. The van der Waals surface area contributed by atoms with Crippen molar-refractivity contribution in [1.82, 2.24) is 10.6 Å². The van der Waals surface area contributed by atoms with E-state index in [0.29, 0.717) is 11.8 Å². The van der Waals surface area contributed by atoms with E-state index in [9.17, 15) is 4.79 Å². The molecule has 1 saturated heterocycles. The number of nitrogens with one attached hydrogen (secondary N) is 2. The second-order valence-corrected chi connectivity index (χ2v) is 4.32. The highest BCUT2D eigenvalue weighted by atomic mass is 35.5. The van der Waals surface area contributed by atoms with Crippen molar-refractivity contribution < 1.29 is 4.79 Å². The molecule has 1 fully saturated rings. The molecule has 86 valence electrons. The third-order valence-corrected chi connectivity index (χ3v) is 3.47. The smallest absolute Gasteiger partial charge is 0.251 e. The van der Waals surface area contributed by atoms with Crippen molar-refractivity contribution in [2.75, 3.05) is 19.6 Å². The van der Waals surface area contributed by atoms with E-state index in [-0.39, 0.29) is 18.3 Å². The fourth-order valence-electron chi connectivity index (χ4n) is 2.66. The van der Waals surface area contributed by atoms with E-state index in [1.807, 2.05) is 18.2 Å². The maximum absolute atomic E-state index is 11.8. The average Bonchev–Trinajstić information content (AvgIpc) is 2.69. The van der Waals surface area contributed by atoms with E-state index >= 15 is 0 Å². The Bertz CT molecular complexity index is 408. The van der Waals surface area contributed by atoms with E-state index in [4.69, 9.17) is 0 Å². The molecule has 1 aromatic carbocycles.